The van der Waals surface area contributed by atoms with E-state index in [1.807, 2.05) is 13.0 Å². The molecule has 0 amide bonds. The zero-order chi connectivity index (χ0) is 20.5. The summed E-state index contributed by atoms with van der Waals surface area (Å²) in [5.74, 6) is 1.72. The smallest absolute Gasteiger partial charge is 0.306 e. The largest absolute Gasteiger partial charge is 0.462 e. The Morgan fingerprint density at radius 2 is 2.03 bits per heavy atom. The van der Waals surface area contributed by atoms with Crippen LogP contribution in [0.5, 0.6) is 0 Å². The van der Waals surface area contributed by atoms with E-state index in [2.05, 4.69) is 27.2 Å². The van der Waals surface area contributed by atoms with Gasteiger partial charge in [0.1, 0.15) is 11.9 Å². The van der Waals surface area contributed by atoms with Gasteiger partial charge in [-0.1, -0.05) is 5.16 Å². The Morgan fingerprint density at radius 3 is 2.67 bits per heavy atom. The van der Waals surface area contributed by atoms with Gasteiger partial charge >= 0.3 is 5.97 Å². The second-order valence-electron chi connectivity index (χ2n) is 7.93. The molecule has 9 heteroatoms. The fraction of sp³-hybridized carbons (Fsp3) is 0.762. The van der Waals surface area contributed by atoms with Crippen molar-refractivity contribution in [3.63, 3.8) is 0 Å². The first kappa shape index (κ1) is 24.9. The molecule has 3 rings (SSSR count). The Bertz CT molecular complexity index is 667. The minimum atomic E-state index is -0.0752. The molecule has 1 N–H and O–H groups in total. The molecule has 2 heterocycles. The lowest BCUT2D eigenvalue weighted by atomic mass is 10.3. The fourth-order valence-corrected chi connectivity index (χ4v) is 3.92. The van der Waals surface area contributed by atoms with Crippen molar-refractivity contribution < 1.29 is 14.1 Å². The van der Waals surface area contributed by atoms with Gasteiger partial charge in [0, 0.05) is 58.3 Å². The van der Waals surface area contributed by atoms with Crippen LogP contribution in [0.1, 0.15) is 56.9 Å². The number of nitrogens with one attached hydrogen (secondary N) is 1. The summed E-state index contributed by atoms with van der Waals surface area (Å²) in [5, 5.41) is 7.47. The van der Waals surface area contributed by atoms with Crippen LogP contribution in [0, 0.1) is 6.92 Å². The highest BCUT2D eigenvalue weighted by molar-refractivity contribution is 14.0. The lowest BCUT2D eigenvalue weighted by Crippen LogP contribution is -2.52. The monoisotopic (exact) mass is 533 g/mol. The molecule has 0 radical (unpaired) electrons. The van der Waals surface area contributed by atoms with Crippen LogP contribution in [0.3, 0.4) is 0 Å². The van der Waals surface area contributed by atoms with Crippen LogP contribution in [0.4, 0.5) is 0 Å². The molecule has 0 spiro atoms. The number of guanidine groups is 1. The second-order valence-corrected chi connectivity index (χ2v) is 7.93. The van der Waals surface area contributed by atoms with E-state index in [4.69, 9.17) is 14.3 Å². The number of ether oxygens (including phenoxy) is 1. The predicted molar refractivity (Wildman–Crippen MR) is 127 cm³/mol. The topological polar surface area (TPSA) is 83.2 Å². The van der Waals surface area contributed by atoms with Gasteiger partial charge in [0.25, 0.3) is 0 Å². The van der Waals surface area contributed by atoms with Crippen LogP contribution in [0.15, 0.2) is 15.6 Å². The number of hydrogen-bond acceptors (Lipinski definition) is 6. The third-order valence-electron chi connectivity index (χ3n) is 5.47. The molecule has 0 atom stereocenters. The zero-order valence-electron chi connectivity index (χ0n) is 18.3. The fourth-order valence-electron chi connectivity index (χ4n) is 3.92. The molecule has 1 aromatic rings. The average Bonchev–Trinajstić information content (AvgIpc) is 3.36. The Balaban J connectivity index is 0.00000320. The van der Waals surface area contributed by atoms with Gasteiger partial charge in [-0.05, 0) is 46.0 Å². The van der Waals surface area contributed by atoms with Crippen molar-refractivity contribution in [1.29, 1.82) is 0 Å². The molecule has 170 valence electrons. The number of carbonyl (C=O) groups is 1. The average molecular weight is 533 g/mol. The van der Waals surface area contributed by atoms with Crippen LogP contribution >= 0.6 is 24.0 Å². The highest BCUT2D eigenvalue weighted by Gasteiger charge is 2.21. The minimum Gasteiger partial charge on any atom is -0.462 e. The normalized spacial score (nSPS) is 18.3. The summed E-state index contributed by atoms with van der Waals surface area (Å²) in [5.41, 5.74) is 0.987. The van der Waals surface area contributed by atoms with E-state index >= 15 is 0 Å². The molecule has 0 bridgehead atoms. The minimum absolute atomic E-state index is 0. The van der Waals surface area contributed by atoms with Crippen molar-refractivity contribution in [2.24, 2.45) is 4.99 Å². The maximum Gasteiger partial charge on any atom is 0.306 e. The number of carbonyl (C=O) groups excluding carboxylic acids is 1. The van der Waals surface area contributed by atoms with Gasteiger partial charge in [-0.25, -0.2) is 0 Å². The zero-order valence-corrected chi connectivity index (χ0v) is 20.6. The van der Waals surface area contributed by atoms with Gasteiger partial charge in [0.15, 0.2) is 5.96 Å². The Morgan fingerprint density at radius 1 is 1.30 bits per heavy atom. The summed E-state index contributed by atoms with van der Waals surface area (Å²) in [6, 6.07) is 2.00. The van der Waals surface area contributed by atoms with Gasteiger partial charge in [-0.15, -0.1) is 24.0 Å². The van der Waals surface area contributed by atoms with Crippen LogP contribution in [-0.4, -0.2) is 72.3 Å². The number of halogens is 1. The standard InChI is InChI=1S/C21H35N5O3.HI/c1-3-22-21(23-10-6-9-20(27)28-19-7-4-5-8-19)26-13-11-25(12-14-26)16-18-15-17(2)29-24-18;/h15,19H,3-14,16H2,1-2H3,(H,22,23);1H. The number of esters is 1. The molecule has 2 fully saturated rings. The molecule has 8 nitrogen and oxygen atoms in total. The van der Waals surface area contributed by atoms with E-state index in [9.17, 15) is 4.79 Å². The van der Waals surface area contributed by atoms with Crippen molar-refractivity contribution in [3.05, 3.63) is 17.5 Å². The molecule has 1 saturated heterocycles. The van der Waals surface area contributed by atoms with Gasteiger partial charge in [-0.3, -0.25) is 14.7 Å². The number of aliphatic imine (C=N–C) groups is 1. The van der Waals surface area contributed by atoms with E-state index < -0.39 is 0 Å². The Labute approximate surface area is 196 Å². The summed E-state index contributed by atoms with van der Waals surface area (Å²) < 4.78 is 10.7. The first-order chi connectivity index (χ1) is 14.1. The van der Waals surface area contributed by atoms with Crippen LogP contribution in [0.25, 0.3) is 0 Å². The number of aryl methyl sites for hydroxylation is 1. The summed E-state index contributed by atoms with van der Waals surface area (Å²) in [6.07, 6.45) is 5.74. The lowest BCUT2D eigenvalue weighted by Gasteiger charge is -2.36. The molecule has 1 aliphatic carbocycles. The Kier molecular flexibility index (Phi) is 10.9. The molecule has 1 aliphatic heterocycles. The third kappa shape index (κ3) is 8.05. The molecular weight excluding hydrogens is 497 g/mol. The first-order valence-corrected chi connectivity index (χ1v) is 11.0. The molecule has 0 aromatic carbocycles. The Hall–Kier alpha value is -1.36. The maximum absolute atomic E-state index is 11.9. The highest BCUT2D eigenvalue weighted by atomic mass is 127. The third-order valence-corrected chi connectivity index (χ3v) is 5.47. The van der Waals surface area contributed by atoms with Crippen molar-refractivity contribution in [2.75, 3.05) is 39.3 Å². The van der Waals surface area contributed by atoms with Gasteiger partial charge < -0.3 is 19.5 Å². The number of aromatic nitrogens is 1. The van der Waals surface area contributed by atoms with Crippen LogP contribution < -0.4 is 5.32 Å². The summed E-state index contributed by atoms with van der Waals surface area (Å²) in [6.45, 7) is 10.1. The molecule has 1 aromatic heterocycles. The van der Waals surface area contributed by atoms with E-state index in [0.717, 1.165) is 75.9 Å². The summed E-state index contributed by atoms with van der Waals surface area (Å²) in [4.78, 5) is 21.4. The lowest BCUT2D eigenvalue weighted by molar-refractivity contribution is -0.148. The molecule has 1 saturated carbocycles. The number of piperazine rings is 1. The van der Waals surface area contributed by atoms with Gasteiger partial charge in [0.05, 0.1) is 5.69 Å². The molecule has 30 heavy (non-hydrogen) atoms. The second kappa shape index (κ2) is 13.1. The maximum atomic E-state index is 11.9. The number of hydrogen-bond donors (Lipinski definition) is 1. The molecule has 0 unspecified atom stereocenters. The highest BCUT2D eigenvalue weighted by Crippen LogP contribution is 2.21. The van der Waals surface area contributed by atoms with Gasteiger partial charge in [0.2, 0.25) is 0 Å². The molecule has 2 aliphatic rings. The summed E-state index contributed by atoms with van der Waals surface area (Å²) >= 11 is 0. The quantitative estimate of drug-likeness (QED) is 0.181. The number of rotatable bonds is 8. The SMILES string of the molecule is CCNC(=NCCCC(=O)OC1CCCC1)N1CCN(Cc2cc(C)on2)CC1.I. The van der Waals surface area contributed by atoms with Crippen molar-refractivity contribution in [1.82, 2.24) is 20.3 Å². The van der Waals surface area contributed by atoms with E-state index in [1.165, 1.54) is 12.8 Å². The van der Waals surface area contributed by atoms with Crippen LogP contribution in [-0.2, 0) is 16.1 Å². The van der Waals surface area contributed by atoms with E-state index in [1.54, 1.807) is 0 Å². The van der Waals surface area contributed by atoms with Gasteiger partial charge in [-0.2, -0.15) is 0 Å². The predicted octanol–water partition coefficient (Wildman–Crippen LogP) is 2.95. The van der Waals surface area contributed by atoms with Crippen LogP contribution in [0.2, 0.25) is 0 Å². The van der Waals surface area contributed by atoms with E-state index in [0.29, 0.717) is 13.0 Å². The van der Waals surface area contributed by atoms with Crippen molar-refractivity contribution in [3.8, 4) is 0 Å². The van der Waals surface area contributed by atoms with E-state index in [-0.39, 0.29) is 36.0 Å². The van der Waals surface area contributed by atoms with Crippen molar-refractivity contribution in [2.45, 2.75) is 65.0 Å². The van der Waals surface area contributed by atoms with Crippen molar-refractivity contribution >= 4 is 35.9 Å². The molecular formula is C21H36IN5O3. The first-order valence-electron chi connectivity index (χ1n) is 11.0. The number of nitrogens with zero attached hydrogens (tertiary/aromatic N) is 4. The summed E-state index contributed by atoms with van der Waals surface area (Å²) in [7, 11) is 0.